The molecule has 2 amide bonds. The summed E-state index contributed by atoms with van der Waals surface area (Å²) in [5, 5.41) is 2.96. The van der Waals surface area contributed by atoms with Gasteiger partial charge in [0.2, 0.25) is 11.8 Å². The van der Waals surface area contributed by atoms with E-state index in [-0.39, 0.29) is 30.2 Å². The number of hydrogen-bond donors (Lipinski definition) is 1. The maximum absolute atomic E-state index is 12.4. The Balaban J connectivity index is 1.57. The highest BCUT2D eigenvalue weighted by Gasteiger charge is 2.35. The summed E-state index contributed by atoms with van der Waals surface area (Å²) in [6.07, 6.45) is 5.25. The number of nitrogens with one attached hydrogen (secondary N) is 1. The van der Waals surface area contributed by atoms with Crippen LogP contribution in [0.1, 0.15) is 30.7 Å². The van der Waals surface area contributed by atoms with Crippen molar-refractivity contribution in [3.63, 3.8) is 0 Å². The van der Waals surface area contributed by atoms with Crippen LogP contribution in [0.3, 0.4) is 0 Å². The second kappa shape index (κ2) is 6.64. The average Bonchev–Trinajstić information content (AvgIpc) is 3.19. The molecule has 0 radical (unpaired) electrons. The van der Waals surface area contributed by atoms with Gasteiger partial charge in [-0.2, -0.15) is 0 Å². The summed E-state index contributed by atoms with van der Waals surface area (Å²) in [7, 11) is 0. The van der Waals surface area contributed by atoms with E-state index in [1.807, 2.05) is 25.1 Å². The second-order valence-electron chi connectivity index (χ2n) is 5.77. The molecule has 1 saturated heterocycles. The molecule has 1 N–H and O–H groups in total. The van der Waals surface area contributed by atoms with Crippen molar-refractivity contribution in [2.24, 2.45) is 5.92 Å². The molecule has 0 spiro atoms. The first-order valence-corrected chi connectivity index (χ1v) is 7.64. The number of carbonyl (C=O) groups excluding carboxylic acids is 2. The van der Waals surface area contributed by atoms with E-state index < -0.39 is 0 Å². The van der Waals surface area contributed by atoms with Gasteiger partial charge >= 0.3 is 0 Å². The normalized spacial score (nSPS) is 18.9. The van der Waals surface area contributed by atoms with Crippen molar-refractivity contribution < 1.29 is 14.0 Å². The fourth-order valence-corrected chi connectivity index (χ4v) is 2.74. The van der Waals surface area contributed by atoms with E-state index >= 15 is 0 Å². The zero-order valence-electron chi connectivity index (χ0n) is 12.9. The van der Waals surface area contributed by atoms with E-state index in [9.17, 15) is 9.59 Å². The van der Waals surface area contributed by atoms with Gasteiger partial charge in [0.1, 0.15) is 5.76 Å². The lowest BCUT2D eigenvalue weighted by Crippen LogP contribution is -2.34. The molecule has 0 aliphatic carbocycles. The van der Waals surface area contributed by atoms with Crippen molar-refractivity contribution in [3.05, 3.63) is 54.2 Å². The van der Waals surface area contributed by atoms with E-state index in [2.05, 4.69) is 10.3 Å². The predicted molar refractivity (Wildman–Crippen MR) is 83.0 cm³/mol. The molecule has 120 valence electrons. The molecule has 2 aromatic rings. The van der Waals surface area contributed by atoms with Crippen molar-refractivity contribution in [2.45, 2.75) is 25.9 Å². The zero-order chi connectivity index (χ0) is 16.2. The summed E-state index contributed by atoms with van der Waals surface area (Å²) in [6.45, 7) is 2.74. The molecule has 1 aliphatic rings. The summed E-state index contributed by atoms with van der Waals surface area (Å²) in [5.74, 6) is 0.284. The number of rotatable bonds is 5. The fourth-order valence-electron chi connectivity index (χ4n) is 2.74. The van der Waals surface area contributed by atoms with Gasteiger partial charge < -0.3 is 14.6 Å². The SMILES string of the molecule is C[C@@H](NC(=O)[C@H]1CC(=O)N(Cc2ccco2)C1)c1cccnc1. The van der Waals surface area contributed by atoms with E-state index in [0.29, 0.717) is 13.1 Å². The molecule has 6 heteroatoms. The fraction of sp³-hybridized carbons (Fsp3) is 0.353. The van der Waals surface area contributed by atoms with Crippen LogP contribution >= 0.6 is 0 Å². The van der Waals surface area contributed by atoms with Gasteiger partial charge in [-0.05, 0) is 30.7 Å². The molecule has 23 heavy (non-hydrogen) atoms. The zero-order valence-corrected chi connectivity index (χ0v) is 12.9. The van der Waals surface area contributed by atoms with E-state index in [4.69, 9.17) is 4.42 Å². The number of nitrogens with zero attached hydrogens (tertiary/aromatic N) is 2. The number of pyridine rings is 1. The average molecular weight is 313 g/mol. The van der Waals surface area contributed by atoms with Gasteiger partial charge in [0.15, 0.2) is 0 Å². The molecular weight excluding hydrogens is 294 g/mol. The van der Waals surface area contributed by atoms with Gasteiger partial charge in [-0.25, -0.2) is 0 Å². The first-order chi connectivity index (χ1) is 11.1. The summed E-state index contributed by atoms with van der Waals surface area (Å²) in [6, 6.07) is 7.23. The van der Waals surface area contributed by atoms with E-state index in [1.54, 1.807) is 29.6 Å². The highest BCUT2D eigenvalue weighted by atomic mass is 16.3. The molecule has 1 fully saturated rings. The Bertz CT molecular complexity index is 670. The Hall–Kier alpha value is -2.63. The van der Waals surface area contributed by atoms with Gasteiger partial charge in [-0.15, -0.1) is 0 Å². The van der Waals surface area contributed by atoms with Crippen molar-refractivity contribution in [1.82, 2.24) is 15.2 Å². The van der Waals surface area contributed by atoms with E-state index in [0.717, 1.165) is 11.3 Å². The van der Waals surface area contributed by atoms with Crippen LogP contribution in [0.25, 0.3) is 0 Å². The van der Waals surface area contributed by atoms with Crippen LogP contribution in [0.4, 0.5) is 0 Å². The van der Waals surface area contributed by atoms with Crippen LogP contribution < -0.4 is 5.32 Å². The minimum absolute atomic E-state index is 0.0180. The number of carbonyl (C=O) groups is 2. The van der Waals surface area contributed by atoms with Crippen molar-refractivity contribution in [1.29, 1.82) is 0 Å². The number of hydrogen-bond acceptors (Lipinski definition) is 4. The van der Waals surface area contributed by atoms with Crippen molar-refractivity contribution in [3.8, 4) is 0 Å². The lowest BCUT2D eigenvalue weighted by Gasteiger charge is -2.18. The summed E-state index contributed by atoms with van der Waals surface area (Å²) >= 11 is 0. The molecule has 0 saturated carbocycles. The van der Waals surface area contributed by atoms with Crippen LogP contribution in [0.5, 0.6) is 0 Å². The molecule has 0 bridgehead atoms. The summed E-state index contributed by atoms with van der Waals surface area (Å²) < 4.78 is 5.26. The lowest BCUT2D eigenvalue weighted by atomic mass is 10.1. The molecule has 6 nitrogen and oxygen atoms in total. The van der Waals surface area contributed by atoms with Gasteiger partial charge in [0, 0.05) is 25.4 Å². The smallest absolute Gasteiger partial charge is 0.225 e. The number of likely N-dealkylation sites (tertiary alicyclic amines) is 1. The molecule has 3 rings (SSSR count). The third-order valence-electron chi connectivity index (χ3n) is 4.06. The Morgan fingerprint density at radius 2 is 2.35 bits per heavy atom. The summed E-state index contributed by atoms with van der Waals surface area (Å²) in [5.41, 5.74) is 0.942. The quantitative estimate of drug-likeness (QED) is 0.915. The Labute approximate surface area is 134 Å². The lowest BCUT2D eigenvalue weighted by molar-refractivity contribution is -0.129. The predicted octanol–water partition coefficient (Wildman–Crippen LogP) is 1.90. The topological polar surface area (TPSA) is 75.4 Å². The monoisotopic (exact) mass is 313 g/mol. The van der Waals surface area contributed by atoms with Gasteiger partial charge in [-0.3, -0.25) is 14.6 Å². The minimum atomic E-state index is -0.323. The number of aromatic nitrogens is 1. The summed E-state index contributed by atoms with van der Waals surface area (Å²) in [4.78, 5) is 30.2. The molecule has 0 aromatic carbocycles. The number of amides is 2. The van der Waals surface area contributed by atoms with Crippen LogP contribution in [0.2, 0.25) is 0 Å². The van der Waals surface area contributed by atoms with Crippen LogP contribution in [0, 0.1) is 5.92 Å². The van der Waals surface area contributed by atoms with Crippen LogP contribution in [-0.2, 0) is 16.1 Å². The van der Waals surface area contributed by atoms with Gasteiger partial charge in [-0.1, -0.05) is 6.07 Å². The van der Waals surface area contributed by atoms with Crippen molar-refractivity contribution >= 4 is 11.8 Å². The van der Waals surface area contributed by atoms with Gasteiger partial charge in [0.25, 0.3) is 0 Å². The second-order valence-corrected chi connectivity index (χ2v) is 5.77. The molecule has 1 aliphatic heterocycles. The first-order valence-electron chi connectivity index (χ1n) is 7.64. The third-order valence-corrected chi connectivity index (χ3v) is 4.06. The molecule has 0 unspecified atom stereocenters. The Kier molecular flexibility index (Phi) is 4.41. The molecule has 3 heterocycles. The molecule has 2 atom stereocenters. The molecular formula is C17H19N3O3. The third kappa shape index (κ3) is 3.59. The van der Waals surface area contributed by atoms with Gasteiger partial charge in [0.05, 0.1) is 24.8 Å². The standard InChI is InChI=1S/C17H19N3O3/c1-12(13-4-2-6-18-9-13)19-17(22)14-8-16(21)20(10-14)11-15-5-3-7-23-15/h2-7,9,12,14H,8,10-11H2,1H3,(H,19,22)/t12-,14+/m1/s1. The first kappa shape index (κ1) is 15.3. The Morgan fingerprint density at radius 3 is 3.04 bits per heavy atom. The number of furan rings is 1. The highest BCUT2D eigenvalue weighted by Crippen LogP contribution is 2.22. The van der Waals surface area contributed by atoms with Crippen molar-refractivity contribution in [2.75, 3.05) is 6.54 Å². The van der Waals surface area contributed by atoms with Crippen LogP contribution in [0.15, 0.2) is 47.3 Å². The maximum atomic E-state index is 12.4. The van der Waals surface area contributed by atoms with E-state index in [1.165, 1.54) is 0 Å². The van der Waals surface area contributed by atoms with Crippen LogP contribution in [-0.4, -0.2) is 28.2 Å². The Morgan fingerprint density at radius 1 is 1.48 bits per heavy atom. The maximum Gasteiger partial charge on any atom is 0.225 e. The largest absolute Gasteiger partial charge is 0.467 e. The molecule has 2 aromatic heterocycles. The highest BCUT2D eigenvalue weighted by molar-refractivity contribution is 5.89. The minimum Gasteiger partial charge on any atom is -0.467 e.